The predicted molar refractivity (Wildman–Crippen MR) is 80.8 cm³/mol. The highest BCUT2D eigenvalue weighted by molar-refractivity contribution is 5.97. The summed E-state index contributed by atoms with van der Waals surface area (Å²) < 4.78 is 4.85. The Hall–Kier alpha value is -3.43. The van der Waals surface area contributed by atoms with Gasteiger partial charge in [0.15, 0.2) is 5.75 Å². The first-order valence-corrected chi connectivity index (χ1v) is 6.75. The van der Waals surface area contributed by atoms with E-state index in [9.17, 15) is 24.8 Å². The van der Waals surface area contributed by atoms with Crippen LogP contribution in [0, 0.1) is 10.1 Å². The SMILES string of the molecule is COc1ccc(C(=O)N[C@@H](Cc2cnc[nH]2)C(=O)O)cc1[N+](=O)[O-]. The highest BCUT2D eigenvalue weighted by Crippen LogP contribution is 2.27. The Morgan fingerprint density at radius 2 is 2.25 bits per heavy atom. The molecule has 1 aromatic heterocycles. The summed E-state index contributed by atoms with van der Waals surface area (Å²) in [6, 6.07) is 2.41. The summed E-state index contributed by atoms with van der Waals surface area (Å²) in [6.07, 6.45) is 2.84. The Balaban J connectivity index is 2.19. The minimum Gasteiger partial charge on any atom is -0.490 e. The summed E-state index contributed by atoms with van der Waals surface area (Å²) in [7, 11) is 1.27. The van der Waals surface area contributed by atoms with E-state index in [4.69, 9.17) is 4.74 Å². The number of carbonyl (C=O) groups is 2. The Labute approximate surface area is 135 Å². The highest BCUT2D eigenvalue weighted by Gasteiger charge is 2.24. The van der Waals surface area contributed by atoms with Crippen molar-refractivity contribution in [3.05, 3.63) is 52.1 Å². The Morgan fingerprint density at radius 3 is 2.79 bits per heavy atom. The fraction of sp³-hybridized carbons (Fsp3) is 0.214. The quantitative estimate of drug-likeness (QED) is 0.500. The maximum absolute atomic E-state index is 12.2. The zero-order valence-corrected chi connectivity index (χ0v) is 12.6. The molecule has 0 radical (unpaired) electrons. The van der Waals surface area contributed by atoms with Gasteiger partial charge < -0.3 is 20.1 Å². The molecule has 1 amide bonds. The van der Waals surface area contributed by atoms with Gasteiger partial charge in [-0.05, 0) is 12.1 Å². The fourth-order valence-corrected chi connectivity index (χ4v) is 2.03. The van der Waals surface area contributed by atoms with Crippen molar-refractivity contribution in [2.75, 3.05) is 7.11 Å². The van der Waals surface area contributed by atoms with Crippen LogP contribution in [0.3, 0.4) is 0 Å². The maximum Gasteiger partial charge on any atom is 0.326 e. The van der Waals surface area contributed by atoms with E-state index in [1.807, 2.05) is 0 Å². The molecule has 10 nitrogen and oxygen atoms in total. The van der Waals surface area contributed by atoms with Crippen molar-refractivity contribution >= 4 is 17.6 Å². The van der Waals surface area contributed by atoms with E-state index < -0.39 is 22.8 Å². The fourth-order valence-electron chi connectivity index (χ4n) is 2.03. The van der Waals surface area contributed by atoms with Crippen LogP contribution in [-0.4, -0.2) is 45.0 Å². The van der Waals surface area contributed by atoms with Gasteiger partial charge in [0, 0.05) is 29.9 Å². The lowest BCUT2D eigenvalue weighted by atomic mass is 10.1. The van der Waals surface area contributed by atoms with Gasteiger partial charge >= 0.3 is 11.7 Å². The number of amides is 1. The molecule has 0 bridgehead atoms. The van der Waals surface area contributed by atoms with E-state index in [-0.39, 0.29) is 23.4 Å². The molecule has 24 heavy (non-hydrogen) atoms. The number of rotatable bonds is 7. The lowest BCUT2D eigenvalue weighted by molar-refractivity contribution is -0.385. The summed E-state index contributed by atoms with van der Waals surface area (Å²) in [6.45, 7) is 0. The van der Waals surface area contributed by atoms with Gasteiger partial charge in [-0.3, -0.25) is 14.9 Å². The number of aromatic nitrogens is 2. The van der Waals surface area contributed by atoms with Crippen LogP contribution in [0.25, 0.3) is 0 Å². The number of carboxylic acid groups (broad SMARTS) is 1. The van der Waals surface area contributed by atoms with Crippen LogP contribution >= 0.6 is 0 Å². The Bertz CT molecular complexity index is 759. The predicted octanol–water partition coefficient (Wildman–Crippen LogP) is 0.752. The smallest absolute Gasteiger partial charge is 0.326 e. The number of benzene rings is 1. The molecule has 0 spiro atoms. The lowest BCUT2D eigenvalue weighted by Crippen LogP contribution is -2.42. The Morgan fingerprint density at radius 1 is 1.50 bits per heavy atom. The number of methoxy groups -OCH3 is 1. The number of ether oxygens (including phenoxy) is 1. The minimum absolute atomic E-state index is 0.000673. The number of hydrogen-bond donors (Lipinski definition) is 3. The standard InChI is InChI=1S/C14H14N4O6/c1-24-12-3-2-8(4-11(12)18(22)23)13(19)17-10(14(20)21)5-9-6-15-7-16-9/h2-4,6-7,10H,5H2,1H3,(H,15,16)(H,17,19)(H,20,21)/t10-/m0/s1. The van der Waals surface area contributed by atoms with Gasteiger partial charge in [0.2, 0.25) is 0 Å². The van der Waals surface area contributed by atoms with Crippen LogP contribution in [-0.2, 0) is 11.2 Å². The van der Waals surface area contributed by atoms with E-state index in [1.54, 1.807) is 0 Å². The third-order valence-corrected chi connectivity index (χ3v) is 3.22. The topological polar surface area (TPSA) is 147 Å². The van der Waals surface area contributed by atoms with Crippen molar-refractivity contribution in [2.24, 2.45) is 0 Å². The second-order valence-electron chi connectivity index (χ2n) is 4.79. The lowest BCUT2D eigenvalue weighted by Gasteiger charge is -2.14. The van der Waals surface area contributed by atoms with Gasteiger partial charge in [-0.25, -0.2) is 9.78 Å². The summed E-state index contributed by atoms with van der Waals surface area (Å²) in [4.78, 5) is 40.3. The Kier molecular flexibility index (Phi) is 5.09. The van der Waals surface area contributed by atoms with Crippen LogP contribution in [0.4, 0.5) is 5.69 Å². The molecule has 2 aromatic rings. The molecule has 1 atom stereocenters. The van der Waals surface area contributed by atoms with E-state index in [2.05, 4.69) is 15.3 Å². The van der Waals surface area contributed by atoms with Gasteiger partial charge in [-0.1, -0.05) is 0 Å². The summed E-state index contributed by atoms with van der Waals surface area (Å²) >= 11 is 0. The molecule has 1 aromatic carbocycles. The third kappa shape index (κ3) is 3.85. The number of carboxylic acids is 1. The number of nitrogens with zero attached hydrogens (tertiary/aromatic N) is 2. The van der Waals surface area contributed by atoms with Crippen LogP contribution in [0.2, 0.25) is 0 Å². The minimum atomic E-state index is -1.24. The molecule has 0 aliphatic carbocycles. The zero-order valence-electron chi connectivity index (χ0n) is 12.6. The second-order valence-corrected chi connectivity index (χ2v) is 4.79. The monoisotopic (exact) mass is 334 g/mol. The molecule has 0 aliphatic rings. The van der Waals surface area contributed by atoms with Crippen LogP contribution in [0.1, 0.15) is 16.1 Å². The first-order chi connectivity index (χ1) is 11.4. The molecule has 10 heteroatoms. The largest absolute Gasteiger partial charge is 0.490 e. The number of carbonyl (C=O) groups excluding carboxylic acids is 1. The molecule has 0 fully saturated rings. The molecule has 2 rings (SSSR count). The highest BCUT2D eigenvalue weighted by atomic mass is 16.6. The first-order valence-electron chi connectivity index (χ1n) is 6.75. The number of nitro groups is 1. The van der Waals surface area contributed by atoms with Crippen molar-refractivity contribution in [3.63, 3.8) is 0 Å². The molecule has 0 saturated heterocycles. The van der Waals surface area contributed by atoms with Gasteiger partial charge in [0.05, 0.1) is 18.4 Å². The third-order valence-electron chi connectivity index (χ3n) is 3.22. The molecule has 126 valence electrons. The van der Waals surface area contributed by atoms with Gasteiger partial charge in [-0.2, -0.15) is 0 Å². The van der Waals surface area contributed by atoms with E-state index in [1.165, 1.54) is 31.8 Å². The number of aromatic amines is 1. The maximum atomic E-state index is 12.2. The molecule has 0 saturated carbocycles. The van der Waals surface area contributed by atoms with Crippen LogP contribution in [0.15, 0.2) is 30.7 Å². The summed E-state index contributed by atoms with van der Waals surface area (Å²) in [5, 5.41) is 22.5. The zero-order chi connectivity index (χ0) is 17.7. The summed E-state index contributed by atoms with van der Waals surface area (Å²) in [5.41, 5.74) is 0.104. The average molecular weight is 334 g/mol. The molecule has 1 heterocycles. The average Bonchev–Trinajstić information content (AvgIpc) is 3.06. The van der Waals surface area contributed by atoms with Crippen LogP contribution in [0.5, 0.6) is 5.75 Å². The summed E-state index contributed by atoms with van der Waals surface area (Å²) in [5.74, 6) is -1.97. The van der Waals surface area contributed by atoms with E-state index in [0.29, 0.717) is 5.69 Å². The van der Waals surface area contributed by atoms with Gasteiger partial charge in [0.1, 0.15) is 6.04 Å². The molecule has 0 unspecified atom stereocenters. The molecule has 3 N–H and O–H groups in total. The van der Waals surface area contributed by atoms with Gasteiger partial charge in [0.25, 0.3) is 5.91 Å². The van der Waals surface area contributed by atoms with Crippen molar-refractivity contribution in [3.8, 4) is 5.75 Å². The number of nitrogens with one attached hydrogen (secondary N) is 2. The van der Waals surface area contributed by atoms with E-state index >= 15 is 0 Å². The number of nitro benzene ring substituents is 1. The molecular weight excluding hydrogens is 320 g/mol. The van der Waals surface area contributed by atoms with E-state index in [0.717, 1.165) is 6.07 Å². The normalized spacial score (nSPS) is 11.5. The molecule has 0 aliphatic heterocycles. The van der Waals surface area contributed by atoms with Crippen LogP contribution < -0.4 is 10.1 Å². The number of aliphatic carboxylic acids is 1. The second kappa shape index (κ2) is 7.22. The van der Waals surface area contributed by atoms with Crippen molar-refractivity contribution in [2.45, 2.75) is 12.5 Å². The molecular formula is C14H14N4O6. The van der Waals surface area contributed by atoms with Crippen molar-refractivity contribution in [1.82, 2.24) is 15.3 Å². The first kappa shape index (κ1) is 16.9. The number of imidazole rings is 1. The van der Waals surface area contributed by atoms with Gasteiger partial charge in [-0.15, -0.1) is 0 Å². The van der Waals surface area contributed by atoms with Crippen molar-refractivity contribution in [1.29, 1.82) is 0 Å². The van der Waals surface area contributed by atoms with Crippen molar-refractivity contribution < 1.29 is 24.4 Å². The number of H-pyrrole nitrogens is 1. The number of hydrogen-bond acceptors (Lipinski definition) is 6.